The van der Waals surface area contributed by atoms with Crippen LogP contribution in [0.15, 0.2) is 0 Å². The zero-order valence-corrected chi connectivity index (χ0v) is 15.7. The van der Waals surface area contributed by atoms with Crippen molar-refractivity contribution in [3.05, 3.63) is 0 Å². The summed E-state index contributed by atoms with van der Waals surface area (Å²) in [6.07, 6.45) is 14.6. The van der Waals surface area contributed by atoms with Gasteiger partial charge in [-0.25, -0.2) is 0 Å². The first-order valence-corrected chi connectivity index (χ1v) is 10.3. The second kappa shape index (κ2) is 9.30. The molecule has 4 unspecified atom stereocenters. The molecule has 2 aliphatic rings. The largest absolute Gasteiger partial charge is 0.378 e. The molecule has 0 heterocycles. The maximum absolute atomic E-state index is 6.19. The Bertz CT molecular complexity index is 292. The van der Waals surface area contributed by atoms with E-state index < -0.39 is 0 Å². The minimum atomic E-state index is 0.536. The van der Waals surface area contributed by atoms with Crippen LogP contribution in [0, 0.1) is 29.6 Å². The molecule has 2 fully saturated rings. The number of ether oxygens (including phenoxy) is 1. The van der Waals surface area contributed by atoms with E-state index in [4.69, 9.17) is 4.74 Å². The minimum Gasteiger partial charge on any atom is -0.378 e. The second-order valence-electron chi connectivity index (χ2n) is 8.29. The number of unbranched alkanes of at least 4 members (excludes halogenated alkanes) is 1. The van der Waals surface area contributed by atoms with Gasteiger partial charge >= 0.3 is 0 Å². The van der Waals surface area contributed by atoms with E-state index in [1.807, 2.05) is 0 Å². The van der Waals surface area contributed by atoms with Gasteiger partial charge in [-0.05, 0) is 61.7 Å². The van der Waals surface area contributed by atoms with Gasteiger partial charge in [0.15, 0.2) is 0 Å². The fourth-order valence-corrected chi connectivity index (χ4v) is 5.20. The van der Waals surface area contributed by atoms with Crippen molar-refractivity contribution in [3.8, 4) is 0 Å². The van der Waals surface area contributed by atoms with Gasteiger partial charge in [0, 0.05) is 6.61 Å². The van der Waals surface area contributed by atoms with E-state index in [0.717, 1.165) is 36.2 Å². The van der Waals surface area contributed by atoms with Crippen LogP contribution >= 0.6 is 0 Å². The van der Waals surface area contributed by atoms with E-state index in [1.165, 1.54) is 64.2 Å². The molecule has 0 aromatic carbocycles. The molecule has 4 atom stereocenters. The molecule has 22 heavy (non-hydrogen) atoms. The Morgan fingerprint density at radius 1 is 0.818 bits per heavy atom. The first kappa shape index (κ1) is 18.3. The van der Waals surface area contributed by atoms with Gasteiger partial charge in [-0.3, -0.25) is 0 Å². The second-order valence-corrected chi connectivity index (χ2v) is 8.29. The van der Waals surface area contributed by atoms with Crippen molar-refractivity contribution in [3.63, 3.8) is 0 Å². The molecule has 2 aliphatic carbocycles. The van der Waals surface area contributed by atoms with Crippen molar-refractivity contribution in [2.75, 3.05) is 6.61 Å². The first-order chi connectivity index (χ1) is 10.7. The minimum absolute atomic E-state index is 0.536. The maximum atomic E-state index is 6.19. The highest BCUT2D eigenvalue weighted by molar-refractivity contribution is 4.89. The molecular formula is C21H40O. The predicted molar refractivity (Wildman–Crippen MR) is 96.1 cm³/mol. The summed E-state index contributed by atoms with van der Waals surface area (Å²) >= 11 is 0. The van der Waals surface area contributed by atoms with E-state index in [9.17, 15) is 0 Å². The molecule has 0 aromatic rings. The topological polar surface area (TPSA) is 9.23 Å². The van der Waals surface area contributed by atoms with E-state index in [0.29, 0.717) is 6.10 Å². The Morgan fingerprint density at radius 3 is 2.18 bits per heavy atom. The van der Waals surface area contributed by atoms with Crippen LogP contribution in [0.2, 0.25) is 0 Å². The lowest BCUT2D eigenvalue weighted by Gasteiger charge is -2.45. The van der Waals surface area contributed by atoms with Crippen LogP contribution in [-0.4, -0.2) is 12.7 Å². The molecule has 0 amide bonds. The number of rotatable bonds is 7. The van der Waals surface area contributed by atoms with Gasteiger partial charge in [0.25, 0.3) is 0 Å². The zero-order valence-electron chi connectivity index (χ0n) is 15.7. The Labute approximate surface area is 139 Å². The summed E-state index contributed by atoms with van der Waals surface area (Å²) in [5, 5.41) is 0. The molecule has 0 aromatic heterocycles. The summed E-state index contributed by atoms with van der Waals surface area (Å²) in [6, 6.07) is 0. The average molecular weight is 309 g/mol. The first-order valence-electron chi connectivity index (χ1n) is 10.3. The quantitative estimate of drug-likeness (QED) is 0.490. The van der Waals surface area contributed by atoms with E-state index in [1.54, 1.807) is 0 Å². The smallest absolute Gasteiger partial charge is 0.0603 e. The molecule has 0 N–H and O–H groups in total. The summed E-state index contributed by atoms with van der Waals surface area (Å²) in [6.45, 7) is 10.5. The van der Waals surface area contributed by atoms with Crippen LogP contribution < -0.4 is 0 Å². The number of hydrogen-bond acceptors (Lipinski definition) is 1. The van der Waals surface area contributed by atoms with Gasteiger partial charge in [0.05, 0.1) is 6.10 Å². The third kappa shape index (κ3) is 4.73. The highest BCUT2D eigenvalue weighted by Gasteiger charge is 2.39. The van der Waals surface area contributed by atoms with Gasteiger partial charge in [-0.2, -0.15) is 0 Å². The molecule has 0 spiro atoms. The standard InChI is InChI=1S/C21H40O/c1-5-7-15-22-21-14-13-20(16(3)17(21)4)19-11-9-18(8-6-2)10-12-19/h16-21H,5-15H2,1-4H3. The zero-order chi connectivity index (χ0) is 15.9. The Kier molecular flexibility index (Phi) is 7.74. The highest BCUT2D eigenvalue weighted by atomic mass is 16.5. The SMILES string of the molecule is CCCCOC1CCC(C2CCC(CCC)CC2)C(C)C1C. The van der Waals surface area contributed by atoms with Crippen molar-refractivity contribution in [1.29, 1.82) is 0 Å². The van der Waals surface area contributed by atoms with Crippen molar-refractivity contribution >= 4 is 0 Å². The molecule has 0 aliphatic heterocycles. The summed E-state index contributed by atoms with van der Waals surface area (Å²) in [4.78, 5) is 0. The van der Waals surface area contributed by atoms with E-state index >= 15 is 0 Å². The monoisotopic (exact) mass is 308 g/mol. The Balaban J connectivity index is 1.79. The third-order valence-corrected chi connectivity index (χ3v) is 6.90. The van der Waals surface area contributed by atoms with Crippen LogP contribution in [0.1, 0.15) is 91.9 Å². The molecule has 1 heteroatoms. The van der Waals surface area contributed by atoms with E-state index in [2.05, 4.69) is 27.7 Å². The highest BCUT2D eigenvalue weighted by Crippen LogP contribution is 2.46. The third-order valence-electron chi connectivity index (χ3n) is 6.90. The lowest BCUT2D eigenvalue weighted by atomic mass is 9.63. The van der Waals surface area contributed by atoms with Crippen molar-refractivity contribution in [2.45, 2.75) is 98.0 Å². The molecule has 0 radical (unpaired) electrons. The molecule has 0 bridgehead atoms. The van der Waals surface area contributed by atoms with E-state index in [-0.39, 0.29) is 0 Å². The van der Waals surface area contributed by atoms with Crippen molar-refractivity contribution < 1.29 is 4.74 Å². The fraction of sp³-hybridized carbons (Fsp3) is 1.00. The fourth-order valence-electron chi connectivity index (χ4n) is 5.20. The Hall–Kier alpha value is -0.0400. The van der Waals surface area contributed by atoms with Crippen LogP contribution in [0.4, 0.5) is 0 Å². The average Bonchev–Trinajstić information content (AvgIpc) is 2.53. The number of hydrogen-bond donors (Lipinski definition) is 0. The molecule has 1 nitrogen and oxygen atoms in total. The van der Waals surface area contributed by atoms with Gasteiger partial charge < -0.3 is 4.74 Å². The summed E-state index contributed by atoms with van der Waals surface area (Å²) in [7, 11) is 0. The van der Waals surface area contributed by atoms with Crippen LogP contribution in [0.5, 0.6) is 0 Å². The predicted octanol–water partition coefficient (Wildman–Crippen LogP) is 6.46. The van der Waals surface area contributed by atoms with Gasteiger partial charge in [-0.1, -0.05) is 59.8 Å². The summed E-state index contributed by atoms with van der Waals surface area (Å²) in [5.41, 5.74) is 0. The van der Waals surface area contributed by atoms with Crippen LogP contribution in [0.3, 0.4) is 0 Å². The van der Waals surface area contributed by atoms with Crippen LogP contribution in [-0.2, 0) is 4.74 Å². The normalized spacial score (nSPS) is 39.8. The van der Waals surface area contributed by atoms with Gasteiger partial charge in [0.2, 0.25) is 0 Å². The summed E-state index contributed by atoms with van der Waals surface area (Å²) in [5.74, 6) is 4.64. The maximum Gasteiger partial charge on any atom is 0.0603 e. The summed E-state index contributed by atoms with van der Waals surface area (Å²) < 4.78 is 6.19. The molecule has 0 saturated heterocycles. The lowest BCUT2D eigenvalue weighted by Crippen LogP contribution is -2.40. The Morgan fingerprint density at radius 2 is 1.55 bits per heavy atom. The van der Waals surface area contributed by atoms with Crippen LogP contribution in [0.25, 0.3) is 0 Å². The molecule has 130 valence electrons. The van der Waals surface area contributed by atoms with Crippen molar-refractivity contribution in [2.24, 2.45) is 29.6 Å². The lowest BCUT2D eigenvalue weighted by molar-refractivity contribution is -0.0559. The van der Waals surface area contributed by atoms with Gasteiger partial charge in [0.1, 0.15) is 0 Å². The molecular weight excluding hydrogens is 268 g/mol. The molecule has 2 saturated carbocycles. The van der Waals surface area contributed by atoms with Crippen molar-refractivity contribution in [1.82, 2.24) is 0 Å². The van der Waals surface area contributed by atoms with Gasteiger partial charge in [-0.15, -0.1) is 0 Å². The molecule has 2 rings (SSSR count).